The SMILES string of the molecule is CN(CC(=O)NCC1(O)CCCC1)c1ccc(Cl)cn1. The van der Waals surface area contributed by atoms with Crippen molar-refractivity contribution in [1.29, 1.82) is 0 Å². The van der Waals surface area contributed by atoms with Gasteiger partial charge in [0.15, 0.2) is 0 Å². The molecule has 5 nitrogen and oxygen atoms in total. The lowest BCUT2D eigenvalue weighted by Gasteiger charge is -2.23. The molecular formula is C14H20ClN3O2. The first-order valence-corrected chi connectivity index (χ1v) is 7.18. The van der Waals surface area contributed by atoms with E-state index in [4.69, 9.17) is 11.6 Å². The molecule has 6 heteroatoms. The van der Waals surface area contributed by atoms with E-state index in [-0.39, 0.29) is 12.5 Å². The maximum Gasteiger partial charge on any atom is 0.239 e. The lowest BCUT2D eigenvalue weighted by atomic mass is 10.0. The normalized spacial score (nSPS) is 16.9. The summed E-state index contributed by atoms with van der Waals surface area (Å²) in [5.41, 5.74) is -0.716. The van der Waals surface area contributed by atoms with Crippen LogP contribution in [0.25, 0.3) is 0 Å². The van der Waals surface area contributed by atoms with Gasteiger partial charge in [0.1, 0.15) is 5.82 Å². The average molecular weight is 298 g/mol. The number of nitrogens with one attached hydrogen (secondary N) is 1. The van der Waals surface area contributed by atoms with Crippen LogP contribution in [0.5, 0.6) is 0 Å². The van der Waals surface area contributed by atoms with Crippen molar-refractivity contribution in [2.45, 2.75) is 31.3 Å². The fourth-order valence-corrected chi connectivity index (χ4v) is 2.53. The molecule has 0 radical (unpaired) electrons. The van der Waals surface area contributed by atoms with Gasteiger partial charge in [-0.2, -0.15) is 0 Å². The van der Waals surface area contributed by atoms with Crippen LogP contribution in [0.4, 0.5) is 5.82 Å². The van der Waals surface area contributed by atoms with Gasteiger partial charge in [0.2, 0.25) is 5.91 Å². The zero-order chi connectivity index (χ0) is 14.6. The smallest absolute Gasteiger partial charge is 0.239 e. The van der Waals surface area contributed by atoms with Crippen molar-refractivity contribution >= 4 is 23.3 Å². The van der Waals surface area contributed by atoms with E-state index >= 15 is 0 Å². The van der Waals surface area contributed by atoms with Crippen LogP contribution in [0.15, 0.2) is 18.3 Å². The lowest BCUT2D eigenvalue weighted by Crippen LogP contribution is -2.44. The highest BCUT2D eigenvalue weighted by Gasteiger charge is 2.31. The van der Waals surface area contributed by atoms with Gasteiger partial charge < -0.3 is 15.3 Å². The molecule has 0 aliphatic heterocycles. The summed E-state index contributed by atoms with van der Waals surface area (Å²) < 4.78 is 0. The number of hydrogen-bond acceptors (Lipinski definition) is 4. The second-order valence-corrected chi connectivity index (χ2v) is 5.84. The van der Waals surface area contributed by atoms with Gasteiger partial charge in [-0.1, -0.05) is 24.4 Å². The number of halogens is 1. The Hall–Kier alpha value is -1.33. The molecule has 0 spiro atoms. The summed E-state index contributed by atoms with van der Waals surface area (Å²) in [4.78, 5) is 17.8. The third-order valence-corrected chi connectivity index (χ3v) is 3.86. The summed E-state index contributed by atoms with van der Waals surface area (Å²) in [6, 6.07) is 3.50. The maximum absolute atomic E-state index is 11.9. The molecule has 110 valence electrons. The summed E-state index contributed by atoms with van der Waals surface area (Å²) in [6.07, 6.45) is 5.14. The first kappa shape index (κ1) is 15.1. The summed E-state index contributed by atoms with van der Waals surface area (Å²) >= 11 is 5.77. The highest BCUT2D eigenvalue weighted by Crippen LogP contribution is 2.28. The van der Waals surface area contributed by atoms with Crippen molar-refractivity contribution in [3.05, 3.63) is 23.4 Å². The quantitative estimate of drug-likeness (QED) is 0.866. The summed E-state index contributed by atoms with van der Waals surface area (Å²) in [5.74, 6) is 0.564. The molecule has 1 aromatic rings. The number of pyridine rings is 1. The molecule has 2 rings (SSSR count). The minimum absolute atomic E-state index is 0.121. The van der Waals surface area contributed by atoms with Crippen molar-refractivity contribution in [3.8, 4) is 0 Å². The second-order valence-electron chi connectivity index (χ2n) is 5.40. The number of anilines is 1. The van der Waals surface area contributed by atoms with E-state index < -0.39 is 5.60 Å². The van der Waals surface area contributed by atoms with Gasteiger partial charge in [-0.05, 0) is 25.0 Å². The third kappa shape index (κ3) is 4.08. The van der Waals surface area contributed by atoms with E-state index in [2.05, 4.69) is 10.3 Å². The molecule has 0 atom stereocenters. The molecule has 1 saturated carbocycles. The van der Waals surface area contributed by atoms with E-state index in [9.17, 15) is 9.90 Å². The van der Waals surface area contributed by atoms with Gasteiger partial charge in [-0.3, -0.25) is 4.79 Å². The van der Waals surface area contributed by atoms with Crippen LogP contribution >= 0.6 is 11.6 Å². The van der Waals surface area contributed by atoms with Crippen LogP contribution in [0.3, 0.4) is 0 Å². The van der Waals surface area contributed by atoms with Gasteiger partial charge in [0.05, 0.1) is 17.2 Å². The predicted molar refractivity (Wildman–Crippen MR) is 78.9 cm³/mol. The fourth-order valence-electron chi connectivity index (χ4n) is 2.42. The fraction of sp³-hybridized carbons (Fsp3) is 0.571. The number of hydrogen-bond donors (Lipinski definition) is 2. The molecule has 0 unspecified atom stereocenters. The van der Waals surface area contributed by atoms with Gasteiger partial charge >= 0.3 is 0 Å². The topological polar surface area (TPSA) is 65.5 Å². The summed E-state index contributed by atoms with van der Waals surface area (Å²) in [7, 11) is 1.79. The lowest BCUT2D eigenvalue weighted by molar-refractivity contribution is -0.121. The molecule has 1 aromatic heterocycles. The Bertz CT molecular complexity index is 458. The molecule has 1 fully saturated rings. The van der Waals surface area contributed by atoms with Crippen LogP contribution in [-0.2, 0) is 4.79 Å². The Morgan fingerprint density at radius 3 is 2.80 bits per heavy atom. The van der Waals surface area contributed by atoms with Gasteiger partial charge in [0, 0.05) is 19.8 Å². The van der Waals surface area contributed by atoms with Gasteiger partial charge in [0.25, 0.3) is 0 Å². The van der Waals surface area contributed by atoms with E-state index in [0.29, 0.717) is 17.4 Å². The first-order chi connectivity index (χ1) is 9.48. The number of aliphatic hydroxyl groups is 1. The van der Waals surface area contributed by atoms with Crippen LogP contribution in [0, 0.1) is 0 Å². The Kier molecular flexibility index (Phi) is 4.83. The summed E-state index contributed by atoms with van der Waals surface area (Å²) in [6.45, 7) is 0.526. The molecule has 0 bridgehead atoms. The van der Waals surface area contributed by atoms with Crippen molar-refractivity contribution in [2.24, 2.45) is 0 Å². The van der Waals surface area contributed by atoms with Crippen LogP contribution in [0.2, 0.25) is 5.02 Å². The molecular weight excluding hydrogens is 278 g/mol. The molecule has 0 saturated heterocycles. The van der Waals surface area contributed by atoms with Crippen LogP contribution < -0.4 is 10.2 Å². The molecule has 1 heterocycles. The number of carbonyl (C=O) groups excluding carboxylic acids is 1. The maximum atomic E-state index is 11.9. The molecule has 0 aromatic carbocycles. The zero-order valence-corrected chi connectivity index (χ0v) is 12.4. The Morgan fingerprint density at radius 1 is 1.50 bits per heavy atom. The zero-order valence-electron chi connectivity index (χ0n) is 11.6. The first-order valence-electron chi connectivity index (χ1n) is 6.80. The van der Waals surface area contributed by atoms with E-state index in [1.165, 1.54) is 0 Å². The monoisotopic (exact) mass is 297 g/mol. The number of nitrogens with zero attached hydrogens (tertiary/aromatic N) is 2. The van der Waals surface area contributed by atoms with Crippen LogP contribution in [0.1, 0.15) is 25.7 Å². The van der Waals surface area contributed by atoms with Crippen molar-refractivity contribution in [1.82, 2.24) is 10.3 Å². The van der Waals surface area contributed by atoms with Crippen LogP contribution in [-0.4, -0.2) is 41.7 Å². The molecule has 2 N–H and O–H groups in total. The number of aromatic nitrogens is 1. The Labute approximate surface area is 123 Å². The number of likely N-dealkylation sites (N-methyl/N-ethyl adjacent to an activating group) is 1. The second kappa shape index (κ2) is 6.41. The minimum Gasteiger partial charge on any atom is -0.388 e. The van der Waals surface area contributed by atoms with Gasteiger partial charge in [-0.25, -0.2) is 4.98 Å². The predicted octanol–water partition coefficient (Wildman–Crippen LogP) is 1.59. The molecule has 1 aliphatic rings. The Balaban J connectivity index is 1.80. The van der Waals surface area contributed by atoms with Gasteiger partial charge in [-0.15, -0.1) is 0 Å². The van der Waals surface area contributed by atoms with Crippen molar-refractivity contribution in [3.63, 3.8) is 0 Å². The molecule has 1 amide bonds. The van der Waals surface area contributed by atoms with E-state index in [1.807, 2.05) is 0 Å². The largest absolute Gasteiger partial charge is 0.388 e. The third-order valence-electron chi connectivity index (χ3n) is 3.63. The number of carbonyl (C=O) groups is 1. The number of rotatable bonds is 5. The van der Waals surface area contributed by atoms with Crippen molar-refractivity contribution < 1.29 is 9.90 Å². The average Bonchev–Trinajstić information content (AvgIpc) is 2.85. The number of amides is 1. The minimum atomic E-state index is -0.716. The van der Waals surface area contributed by atoms with Crippen molar-refractivity contribution in [2.75, 3.05) is 25.0 Å². The summed E-state index contributed by atoms with van der Waals surface area (Å²) in [5, 5.41) is 13.5. The standard InChI is InChI=1S/C14H20ClN3O2/c1-18(12-5-4-11(15)8-16-12)9-13(19)17-10-14(20)6-2-3-7-14/h4-5,8,20H,2-3,6-7,9-10H2,1H3,(H,17,19). The Morgan fingerprint density at radius 2 is 2.20 bits per heavy atom. The van der Waals surface area contributed by atoms with E-state index in [0.717, 1.165) is 25.7 Å². The molecule has 1 aliphatic carbocycles. The van der Waals surface area contributed by atoms with E-state index in [1.54, 1.807) is 30.3 Å². The highest BCUT2D eigenvalue weighted by molar-refractivity contribution is 6.30. The molecule has 20 heavy (non-hydrogen) atoms. The highest BCUT2D eigenvalue weighted by atomic mass is 35.5.